The molecular weight excluding hydrogens is 156 g/mol. The molecule has 0 saturated heterocycles. The quantitative estimate of drug-likeness (QED) is 0.586. The molecular formula is C7H20OSi2. The Kier molecular flexibility index (Phi) is 3.32. The van der Waals surface area contributed by atoms with Crippen LogP contribution in [0.2, 0.25) is 24.7 Å². The Morgan fingerprint density at radius 3 is 1.60 bits per heavy atom. The van der Waals surface area contributed by atoms with E-state index in [1.165, 1.54) is 0 Å². The van der Waals surface area contributed by atoms with Crippen LogP contribution < -0.4 is 0 Å². The Balaban J connectivity index is 3.56. The highest BCUT2D eigenvalue weighted by atomic mass is 28.4. The summed E-state index contributed by atoms with van der Waals surface area (Å²) < 4.78 is 5.87. The first-order chi connectivity index (χ1) is 4.21. The summed E-state index contributed by atoms with van der Waals surface area (Å²) in [7, 11) is -1.50. The first-order valence-corrected chi connectivity index (χ1v) is 8.54. The maximum atomic E-state index is 5.87. The SMILES string of the molecule is CC(C)(C)[SiH2]O[Si](C)(C)C. The van der Waals surface area contributed by atoms with Gasteiger partial charge in [-0.1, -0.05) is 20.8 Å². The summed E-state index contributed by atoms with van der Waals surface area (Å²) in [4.78, 5) is 0. The van der Waals surface area contributed by atoms with Crippen molar-refractivity contribution >= 4 is 18.1 Å². The molecule has 0 bridgehead atoms. The van der Waals surface area contributed by atoms with E-state index < -0.39 is 8.32 Å². The summed E-state index contributed by atoms with van der Waals surface area (Å²) >= 11 is 0. The molecule has 0 aliphatic rings. The Labute approximate surface area is 68.2 Å². The van der Waals surface area contributed by atoms with Gasteiger partial charge in [0.1, 0.15) is 0 Å². The zero-order valence-electron chi connectivity index (χ0n) is 8.12. The monoisotopic (exact) mass is 176 g/mol. The molecule has 0 atom stereocenters. The van der Waals surface area contributed by atoms with E-state index in [0.717, 1.165) is 0 Å². The Morgan fingerprint density at radius 2 is 1.50 bits per heavy atom. The van der Waals surface area contributed by atoms with Crippen molar-refractivity contribution in [2.24, 2.45) is 0 Å². The Hall–Kier alpha value is 0.394. The van der Waals surface area contributed by atoms with Gasteiger partial charge in [0.15, 0.2) is 18.1 Å². The van der Waals surface area contributed by atoms with Gasteiger partial charge >= 0.3 is 0 Å². The minimum Gasteiger partial charge on any atom is -0.460 e. The van der Waals surface area contributed by atoms with Crippen LogP contribution in [-0.2, 0) is 4.12 Å². The highest BCUT2D eigenvalue weighted by Crippen LogP contribution is 2.21. The number of hydrogen-bond acceptors (Lipinski definition) is 1. The van der Waals surface area contributed by atoms with Crippen LogP contribution in [0.5, 0.6) is 0 Å². The second-order valence-electron chi connectivity index (χ2n) is 4.96. The van der Waals surface area contributed by atoms with Crippen molar-refractivity contribution in [2.45, 2.75) is 45.5 Å². The summed E-state index contributed by atoms with van der Waals surface area (Å²) in [5.74, 6) is 0. The zero-order chi connectivity index (χ0) is 8.41. The summed E-state index contributed by atoms with van der Waals surface area (Å²) in [5.41, 5.74) is 0. The maximum Gasteiger partial charge on any atom is 0.169 e. The number of hydrogen-bond donors (Lipinski definition) is 0. The molecule has 0 fully saturated rings. The first-order valence-electron chi connectivity index (χ1n) is 3.85. The molecule has 0 radical (unpaired) electrons. The molecule has 0 heterocycles. The van der Waals surface area contributed by atoms with E-state index in [2.05, 4.69) is 40.4 Å². The fourth-order valence-electron chi connectivity index (χ4n) is 0.433. The predicted octanol–water partition coefficient (Wildman–Crippen LogP) is 2.14. The fourth-order valence-corrected chi connectivity index (χ4v) is 3.90. The van der Waals surface area contributed by atoms with Gasteiger partial charge in [-0.05, 0) is 24.7 Å². The lowest BCUT2D eigenvalue weighted by Gasteiger charge is -2.24. The average molecular weight is 176 g/mol. The van der Waals surface area contributed by atoms with E-state index in [0.29, 0.717) is 5.04 Å². The van der Waals surface area contributed by atoms with Crippen molar-refractivity contribution in [3.05, 3.63) is 0 Å². The summed E-state index contributed by atoms with van der Waals surface area (Å²) in [5, 5.41) is 0.459. The van der Waals surface area contributed by atoms with E-state index in [-0.39, 0.29) is 9.76 Å². The summed E-state index contributed by atoms with van der Waals surface area (Å²) in [6.45, 7) is 13.6. The molecule has 3 heteroatoms. The second-order valence-corrected chi connectivity index (χ2v) is 12.8. The smallest absolute Gasteiger partial charge is 0.169 e. The van der Waals surface area contributed by atoms with Gasteiger partial charge < -0.3 is 4.12 Å². The van der Waals surface area contributed by atoms with Crippen LogP contribution in [0, 0.1) is 0 Å². The normalized spacial score (nSPS) is 15.0. The standard InChI is InChI=1S/C7H20OSi2/c1-7(2,3)9-8-10(4,5)6/h9H2,1-6H3. The Morgan fingerprint density at radius 1 is 1.10 bits per heavy atom. The molecule has 0 unspecified atom stereocenters. The molecule has 1 nitrogen and oxygen atoms in total. The largest absolute Gasteiger partial charge is 0.460 e. The minimum absolute atomic E-state index is 0.293. The zero-order valence-corrected chi connectivity index (χ0v) is 10.5. The van der Waals surface area contributed by atoms with E-state index in [4.69, 9.17) is 4.12 Å². The second kappa shape index (κ2) is 3.19. The molecule has 62 valence electrons. The van der Waals surface area contributed by atoms with Crippen molar-refractivity contribution in [1.82, 2.24) is 0 Å². The lowest BCUT2D eigenvalue weighted by molar-refractivity contribution is 0.545. The summed E-state index contributed by atoms with van der Waals surface area (Å²) in [6.07, 6.45) is 0. The van der Waals surface area contributed by atoms with E-state index >= 15 is 0 Å². The van der Waals surface area contributed by atoms with Gasteiger partial charge in [0.2, 0.25) is 0 Å². The van der Waals surface area contributed by atoms with Gasteiger partial charge in [0.05, 0.1) is 0 Å². The third kappa shape index (κ3) is 8.39. The molecule has 0 aromatic rings. The lowest BCUT2D eigenvalue weighted by atomic mass is 10.3. The third-order valence-corrected chi connectivity index (χ3v) is 5.85. The van der Waals surface area contributed by atoms with Crippen LogP contribution in [0.3, 0.4) is 0 Å². The minimum atomic E-state index is -1.21. The van der Waals surface area contributed by atoms with Crippen LogP contribution >= 0.6 is 0 Å². The predicted molar refractivity (Wildman–Crippen MR) is 52.7 cm³/mol. The van der Waals surface area contributed by atoms with Crippen molar-refractivity contribution in [1.29, 1.82) is 0 Å². The Bertz CT molecular complexity index is 85.2. The molecule has 0 aliphatic heterocycles. The number of rotatable bonds is 2. The van der Waals surface area contributed by atoms with E-state index in [9.17, 15) is 0 Å². The fraction of sp³-hybridized carbons (Fsp3) is 1.00. The van der Waals surface area contributed by atoms with Crippen LogP contribution in [-0.4, -0.2) is 18.1 Å². The van der Waals surface area contributed by atoms with E-state index in [1.54, 1.807) is 0 Å². The van der Waals surface area contributed by atoms with Crippen LogP contribution in [0.1, 0.15) is 20.8 Å². The van der Waals surface area contributed by atoms with Gasteiger partial charge in [0, 0.05) is 0 Å². The topological polar surface area (TPSA) is 9.23 Å². The van der Waals surface area contributed by atoms with Crippen LogP contribution in [0.25, 0.3) is 0 Å². The van der Waals surface area contributed by atoms with Gasteiger partial charge in [-0.3, -0.25) is 0 Å². The molecule has 0 aliphatic carbocycles. The summed E-state index contributed by atoms with van der Waals surface area (Å²) in [6, 6.07) is 0. The van der Waals surface area contributed by atoms with Crippen LogP contribution in [0.4, 0.5) is 0 Å². The molecule has 0 aromatic carbocycles. The molecule has 0 spiro atoms. The molecule has 0 N–H and O–H groups in total. The van der Waals surface area contributed by atoms with Gasteiger partial charge in [0.25, 0.3) is 0 Å². The van der Waals surface area contributed by atoms with Crippen LogP contribution in [0.15, 0.2) is 0 Å². The lowest BCUT2D eigenvalue weighted by Crippen LogP contribution is -2.30. The van der Waals surface area contributed by atoms with E-state index in [1.807, 2.05) is 0 Å². The molecule has 0 rings (SSSR count). The third-order valence-electron chi connectivity index (χ3n) is 0.938. The highest BCUT2D eigenvalue weighted by molar-refractivity contribution is 6.74. The van der Waals surface area contributed by atoms with Crippen molar-refractivity contribution in [2.75, 3.05) is 0 Å². The maximum absolute atomic E-state index is 5.87. The van der Waals surface area contributed by atoms with Gasteiger partial charge in [-0.2, -0.15) is 0 Å². The molecule has 0 aromatic heterocycles. The molecule has 0 amide bonds. The van der Waals surface area contributed by atoms with Crippen molar-refractivity contribution < 1.29 is 4.12 Å². The van der Waals surface area contributed by atoms with Crippen molar-refractivity contribution in [3.8, 4) is 0 Å². The molecule has 0 saturated carbocycles. The van der Waals surface area contributed by atoms with Gasteiger partial charge in [-0.25, -0.2) is 0 Å². The molecule has 10 heavy (non-hydrogen) atoms. The van der Waals surface area contributed by atoms with Gasteiger partial charge in [-0.15, -0.1) is 0 Å². The average Bonchev–Trinajstić information content (AvgIpc) is 1.57. The highest BCUT2D eigenvalue weighted by Gasteiger charge is 2.19. The first kappa shape index (κ1) is 10.4. The van der Waals surface area contributed by atoms with Crippen molar-refractivity contribution in [3.63, 3.8) is 0 Å².